The molecule has 33 heavy (non-hydrogen) atoms. The Bertz CT molecular complexity index is 1400. The van der Waals surface area contributed by atoms with Gasteiger partial charge < -0.3 is 14.1 Å². The van der Waals surface area contributed by atoms with Crippen molar-refractivity contribution in [2.45, 2.75) is 19.4 Å². The molecule has 4 rings (SSSR count). The highest BCUT2D eigenvalue weighted by Crippen LogP contribution is 2.32. The largest absolute Gasteiger partial charge is 0.484 e. The summed E-state index contributed by atoms with van der Waals surface area (Å²) in [5, 5.41) is 0.310. The van der Waals surface area contributed by atoms with E-state index in [0.29, 0.717) is 12.2 Å². The van der Waals surface area contributed by atoms with E-state index in [-0.39, 0.29) is 62.9 Å². The quantitative estimate of drug-likeness (QED) is 0.539. The molecule has 1 unspecified atom stereocenters. The lowest BCUT2D eigenvalue weighted by atomic mass is 10.0. The summed E-state index contributed by atoms with van der Waals surface area (Å²) in [4.78, 5) is 26.9. The second-order valence-corrected chi connectivity index (χ2v) is 10.6. The van der Waals surface area contributed by atoms with Gasteiger partial charge in [0.1, 0.15) is 22.9 Å². The Morgan fingerprint density at radius 3 is 2.70 bits per heavy atom. The van der Waals surface area contributed by atoms with Crippen LogP contribution in [-0.4, -0.2) is 50.4 Å². The standard InChI is InChI=1S/C23H21ClFNO6S/c1-13-21(22-17(24)4-3-5-18(22)25)23(28)16-7-6-15(10-19(16)32-13)31-11-20(27)26(2)14-8-9-33(29,30)12-14/h3-7,10,14H,8-9,11-12H2,1-2H3. The number of hydrogen-bond acceptors (Lipinski definition) is 6. The van der Waals surface area contributed by atoms with Crippen LogP contribution in [-0.2, 0) is 14.6 Å². The molecular formula is C23H21ClFNO6S. The topological polar surface area (TPSA) is 93.9 Å². The molecule has 0 bridgehead atoms. The van der Waals surface area contributed by atoms with Crippen molar-refractivity contribution in [2.24, 2.45) is 0 Å². The van der Waals surface area contributed by atoms with Gasteiger partial charge in [-0.15, -0.1) is 0 Å². The van der Waals surface area contributed by atoms with E-state index in [1.165, 1.54) is 41.3 Å². The summed E-state index contributed by atoms with van der Waals surface area (Å²) in [6.07, 6.45) is 0.402. The average Bonchev–Trinajstić information content (AvgIpc) is 3.12. The van der Waals surface area contributed by atoms with Crippen molar-refractivity contribution in [3.8, 4) is 16.9 Å². The number of aryl methyl sites for hydroxylation is 1. The first kappa shape index (κ1) is 23.3. The summed E-state index contributed by atoms with van der Waals surface area (Å²) in [6.45, 7) is 1.24. The zero-order valence-corrected chi connectivity index (χ0v) is 19.5. The van der Waals surface area contributed by atoms with Crippen LogP contribution in [0.1, 0.15) is 12.2 Å². The number of amides is 1. The fraction of sp³-hybridized carbons (Fsp3) is 0.304. The van der Waals surface area contributed by atoms with E-state index in [2.05, 4.69) is 0 Å². The number of ether oxygens (including phenoxy) is 1. The van der Waals surface area contributed by atoms with Crippen LogP contribution in [0.15, 0.2) is 45.6 Å². The van der Waals surface area contributed by atoms with Gasteiger partial charge in [-0.25, -0.2) is 12.8 Å². The highest BCUT2D eigenvalue weighted by molar-refractivity contribution is 7.91. The van der Waals surface area contributed by atoms with Crippen LogP contribution in [0.25, 0.3) is 22.1 Å². The third kappa shape index (κ3) is 4.60. The molecule has 2 aromatic carbocycles. The molecule has 0 aliphatic carbocycles. The zero-order valence-electron chi connectivity index (χ0n) is 17.9. The van der Waals surface area contributed by atoms with Gasteiger partial charge in [0.2, 0.25) is 5.43 Å². The molecule has 1 aliphatic rings. The van der Waals surface area contributed by atoms with Gasteiger partial charge in [0, 0.05) is 24.7 Å². The Morgan fingerprint density at radius 1 is 1.27 bits per heavy atom. The minimum absolute atomic E-state index is 0.0183. The van der Waals surface area contributed by atoms with Gasteiger partial charge in [-0.1, -0.05) is 17.7 Å². The normalized spacial score (nSPS) is 17.3. The van der Waals surface area contributed by atoms with Crippen molar-refractivity contribution in [1.82, 2.24) is 4.90 Å². The van der Waals surface area contributed by atoms with Gasteiger partial charge in [-0.3, -0.25) is 9.59 Å². The number of carbonyl (C=O) groups is 1. The minimum atomic E-state index is -3.11. The number of fused-ring (bicyclic) bond motifs is 1. The van der Waals surface area contributed by atoms with Crippen LogP contribution >= 0.6 is 11.6 Å². The molecule has 10 heteroatoms. The number of hydrogen-bond donors (Lipinski definition) is 0. The van der Waals surface area contributed by atoms with Gasteiger partial charge in [0.05, 0.1) is 27.5 Å². The van der Waals surface area contributed by atoms with Crippen LogP contribution < -0.4 is 10.2 Å². The van der Waals surface area contributed by atoms with Crippen LogP contribution in [0.2, 0.25) is 5.02 Å². The van der Waals surface area contributed by atoms with E-state index in [4.69, 9.17) is 20.8 Å². The van der Waals surface area contributed by atoms with Crippen molar-refractivity contribution in [1.29, 1.82) is 0 Å². The number of rotatable bonds is 5. The van der Waals surface area contributed by atoms with Crippen molar-refractivity contribution in [2.75, 3.05) is 25.2 Å². The SMILES string of the molecule is Cc1oc2cc(OCC(=O)N(C)C3CCS(=O)(=O)C3)ccc2c(=O)c1-c1c(F)cccc1Cl. The predicted octanol–water partition coefficient (Wildman–Crippen LogP) is 3.59. The maximum absolute atomic E-state index is 14.4. The Hall–Kier alpha value is -2.91. The fourth-order valence-corrected chi connectivity index (χ4v) is 5.96. The number of likely N-dealkylation sites (N-methyl/N-ethyl adjacent to an activating group) is 1. The Balaban J connectivity index is 1.57. The molecule has 0 N–H and O–H groups in total. The van der Waals surface area contributed by atoms with Crippen molar-refractivity contribution >= 4 is 38.3 Å². The smallest absolute Gasteiger partial charge is 0.260 e. The highest BCUT2D eigenvalue weighted by atomic mass is 35.5. The number of halogens is 2. The second-order valence-electron chi connectivity index (χ2n) is 7.97. The fourth-order valence-electron chi connectivity index (χ4n) is 3.93. The number of sulfone groups is 1. The van der Waals surface area contributed by atoms with Crippen LogP contribution in [0.5, 0.6) is 5.75 Å². The first-order valence-electron chi connectivity index (χ1n) is 10.2. The molecule has 7 nitrogen and oxygen atoms in total. The molecular weight excluding hydrogens is 473 g/mol. The molecule has 1 amide bonds. The molecule has 2 heterocycles. The first-order chi connectivity index (χ1) is 15.6. The van der Waals surface area contributed by atoms with E-state index in [0.717, 1.165) is 0 Å². The summed E-state index contributed by atoms with van der Waals surface area (Å²) < 4.78 is 49.0. The molecule has 1 aromatic heterocycles. The number of nitrogens with zero attached hydrogens (tertiary/aromatic N) is 1. The maximum Gasteiger partial charge on any atom is 0.260 e. The van der Waals surface area contributed by atoms with E-state index < -0.39 is 21.1 Å². The van der Waals surface area contributed by atoms with E-state index in [9.17, 15) is 22.4 Å². The molecule has 174 valence electrons. The van der Waals surface area contributed by atoms with Crippen LogP contribution in [0.4, 0.5) is 4.39 Å². The van der Waals surface area contributed by atoms with Crippen LogP contribution in [0, 0.1) is 12.7 Å². The third-order valence-corrected chi connectivity index (χ3v) is 7.83. The second kappa shape index (κ2) is 8.79. The van der Waals surface area contributed by atoms with E-state index >= 15 is 0 Å². The van der Waals surface area contributed by atoms with Gasteiger partial charge in [-0.05, 0) is 37.6 Å². The van der Waals surface area contributed by atoms with Gasteiger partial charge in [0.25, 0.3) is 5.91 Å². The molecule has 3 aromatic rings. The van der Waals surface area contributed by atoms with E-state index in [1.807, 2.05) is 0 Å². The summed E-state index contributed by atoms with van der Waals surface area (Å²) in [7, 11) is -1.56. The first-order valence-corrected chi connectivity index (χ1v) is 12.4. The maximum atomic E-state index is 14.4. The lowest BCUT2D eigenvalue weighted by molar-refractivity contribution is -0.133. The van der Waals surface area contributed by atoms with Gasteiger partial charge in [-0.2, -0.15) is 0 Å². The summed E-state index contributed by atoms with van der Waals surface area (Å²) in [6, 6.07) is 8.26. The minimum Gasteiger partial charge on any atom is -0.484 e. The lowest BCUT2D eigenvalue weighted by Crippen LogP contribution is -2.40. The molecule has 1 fully saturated rings. The van der Waals surface area contributed by atoms with Crippen LogP contribution in [0.3, 0.4) is 0 Å². The van der Waals surface area contributed by atoms with E-state index in [1.54, 1.807) is 14.0 Å². The Labute approximate surface area is 194 Å². The van der Waals surface area contributed by atoms with Gasteiger partial charge >= 0.3 is 0 Å². The number of benzene rings is 2. The summed E-state index contributed by atoms with van der Waals surface area (Å²) >= 11 is 6.13. The number of carbonyl (C=O) groups excluding carboxylic acids is 1. The molecule has 0 radical (unpaired) electrons. The van der Waals surface area contributed by atoms with Crippen molar-refractivity contribution in [3.05, 3.63) is 63.2 Å². The summed E-state index contributed by atoms with van der Waals surface area (Å²) in [5.74, 6) is -0.491. The Morgan fingerprint density at radius 2 is 2.03 bits per heavy atom. The third-order valence-electron chi connectivity index (χ3n) is 5.76. The molecule has 0 spiro atoms. The highest BCUT2D eigenvalue weighted by Gasteiger charge is 2.32. The molecule has 1 aliphatic heterocycles. The lowest BCUT2D eigenvalue weighted by Gasteiger charge is -2.23. The summed E-state index contributed by atoms with van der Waals surface area (Å²) in [5.41, 5.74) is -0.197. The van der Waals surface area contributed by atoms with Crippen molar-refractivity contribution in [3.63, 3.8) is 0 Å². The Kier molecular flexibility index (Phi) is 6.20. The molecule has 1 saturated heterocycles. The zero-order chi connectivity index (χ0) is 23.9. The monoisotopic (exact) mass is 493 g/mol. The molecule has 1 atom stereocenters. The van der Waals surface area contributed by atoms with Gasteiger partial charge in [0.15, 0.2) is 16.4 Å². The molecule has 0 saturated carbocycles. The average molecular weight is 494 g/mol. The predicted molar refractivity (Wildman–Crippen MR) is 123 cm³/mol. The van der Waals surface area contributed by atoms with Crippen molar-refractivity contribution < 1.29 is 26.8 Å².